The summed E-state index contributed by atoms with van der Waals surface area (Å²) >= 11 is 0. The van der Waals surface area contributed by atoms with E-state index in [1.54, 1.807) is 0 Å². The van der Waals surface area contributed by atoms with Crippen molar-refractivity contribution in [3.8, 4) is 0 Å². The molecular formula is C12H25NO. The Morgan fingerprint density at radius 2 is 2.00 bits per heavy atom. The van der Waals surface area contributed by atoms with Gasteiger partial charge in [0, 0.05) is 13.7 Å². The molecule has 0 saturated heterocycles. The average molecular weight is 199 g/mol. The molecule has 0 aliphatic heterocycles. The van der Waals surface area contributed by atoms with Crippen molar-refractivity contribution in [2.24, 2.45) is 5.41 Å². The van der Waals surface area contributed by atoms with Gasteiger partial charge >= 0.3 is 0 Å². The first-order valence-corrected chi connectivity index (χ1v) is 5.73. The zero-order chi connectivity index (χ0) is 10.7. The summed E-state index contributed by atoms with van der Waals surface area (Å²) in [6, 6.07) is 0. The minimum Gasteiger partial charge on any atom is -0.379 e. The summed E-state index contributed by atoms with van der Waals surface area (Å²) in [5.74, 6) is 0. The van der Waals surface area contributed by atoms with Crippen LogP contribution in [0, 0.1) is 5.41 Å². The lowest BCUT2D eigenvalue weighted by Crippen LogP contribution is -2.40. The molecule has 0 spiro atoms. The van der Waals surface area contributed by atoms with Gasteiger partial charge in [0.2, 0.25) is 0 Å². The van der Waals surface area contributed by atoms with Crippen molar-refractivity contribution >= 4 is 0 Å². The van der Waals surface area contributed by atoms with Gasteiger partial charge in [0.1, 0.15) is 0 Å². The third kappa shape index (κ3) is 2.96. The Morgan fingerprint density at radius 3 is 2.36 bits per heavy atom. The lowest BCUT2D eigenvalue weighted by Gasteiger charge is -2.43. The first kappa shape index (κ1) is 12.0. The Bertz CT molecular complexity index is 173. The van der Waals surface area contributed by atoms with Crippen LogP contribution in [-0.4, -0.2) is 26.3 Å². The fourth-order valence-electron chi connectivity index (χ4n) is 2.24. The molecule has 84 valence electrons. The van der Waals surface area contributed by atoms with E-state index in [2.05, 4.69) is 26.2 Å². The molecule has 1 saturated carbocycles. The molecule has 0 unspecified atom stereocenters. The Morgan fingerprint density at radius 1 is 1.36 bits per heavy atom. The van der Waals surface area contributed by atoms with Gasteiger partial charge in [-0.05, 0) is 52.0 Å². The lowest BCUT2D eigenvalue weighted by atomic mass is 9.65. The SMILES string of the molecule is CNCC1(CCC(C)(C)OC)CCC1. The van der Waals surface area contributed by atoms with Gasteiger partial charge in [0.15, 0.2) is 0 Å². The van der Waals surface area contributed by atoms with Crippen molar-refractivity contribution in [1.29, 1.82) is 0 Å². The average Bonchev–Trinajstić information content (AvgIpc) is 2.09. The van der Waals surface area contributed by atoms with E-state index in [9.17, 15) is 0 Å². The summed E-state index contributed by atoms with van der Waals surface area (Å²) < 4.78 is 5.46. The molecule has 2 nitrogen and oxygen atoms in total. The van der Waals surface area contributed by atoms with E-state index in [1.807, 2.05) is 7.11 Å². The number of nitrogens with one attached hydrogen (secondary N) is 1. The fourth-order valence-corrected chi connectivity index (χ4v) is 2.24. The Balaban J connectivity index is 2.34. The predicted molar refractivity (Wildman–Crippen MR) is 60.5 cm³/mol. The Hall–Kier alpha value is -0.0800. The largest absolute Gasteiger partial charge is 0.379 e. The number of methoxy groups -OCH3 is 1. The molecule has 14 heavy (non-hydrogen) atoms. The van der Waals surface area contributed by atoms with E-state index in [0.29, 0.717) is 5.41 Å². The molecule has 0 aromatic carbocycles. The molecular weight excluding hydrogens is 174 g/mol. The second-order valence-corrected chi connectivity index (χ2v) is 5.35. The summed E-state index contributed by atoms with van der Waals surface area (Å²) in [6.07, 6.45) is 6.68. The highest BCUT2D eigenvalue weighted by Crippen LogP contribution is 2.45. The Kier molecular flexibility index (Phi) is 3.96. The molecule has 1 rings (SSSR count). The van der Waals surface area contributed by atoms with E-state index >= 15 is 0 Å². The quantitative estimate of drug-likeness (QED) is 0.710. The second-order valence-electron chi connectivity index (χ2n) is 5.35. The highest BCUT2D eigenvalue weighted by atomic mass is 16.5. The van der Waals surface area contributed by atoms with Crippen LogP contribution in [0.2, 0.25) is 0 Å². The highest BCUT2D eigenvalue weighted by molar-refractivity contribution is 4.90. The standard InChI is InChI=1S/C12H25NO/c1-11(2,14-4)8-9-12(10-13-3)6-5-7-12/h13H,5-10H2,1-4H3. The minimum absolute atomic E-state index is 0.0519. The molecule has 0 aromatic rings. The number of ether oxygens (including phenoxy) is 1. The van der Waals surface area contributed by atoms with Gasteiger partial charge in [-0.2, -0.15) is 0 Å². The summed E-state index contributed by atoms with van der Waals surface area (Å²) in [6.45, 7) is 5.53. The van der Waals surface area contributed by atoms with Gasteiger partial charge in [-0.1, -0.05) is 6.42 Å². The van der Waals surface area contributed by atoms with E-state index in [1.165, 1.54) is 38.6 Å². The van der Waals surface area contributed by atoms with Crippen LogP contribution in [0.15, 0.2) is 0 Å². The maximum atomic E-state index is 5.46. The van der Waals surface area contributed by atoms with Gasteiger partial charge in [0.05, 0.1) is 5.60 Å². The zero-order valence-electron chi connectivity index (χ0n) is 10.2. The van der Waals surface area contributed by atoms with Gasteiger partial charge in [-0.3, -0.25) is 0 Å². The maximum absolute atomic E-state index is 5.46. The zero-order valence-corrected chi connectivity index (χ0v) is 10.2. The molecule has 2 heteroatoms. The van der Waals surface area contributed by atoms with Gasteiger partial charge in [-0.15, -0.1) is 0 Å². The fraction of sp³-hybridized carbons (Fsp3) is 1.00. The third-order valence-electron chi connectivity index (χ3n) is 3.78. The topological polar surface area (TPSA) is 21.3 Å². The van der Waals surface area contributed by atoms with Crippen molar-refractivity contribution in [1.82, 2.24) is 5.32 Å². The number of rotatable bonds is 6. The van der Waals surface area contributed by atoms with Crippen LogP contribution in [0.25, 0.3) is 0 Å². The molecule has 1 fully saturated rings. The van der Waals surface area contributed by atoms with E-state index in [4.69, 9.17) is 4.74 Å². The molecule has 0 heterocycles. The minimum atomic E-state index is 0.0519. The molecule has 1 N–H and O–H groups in total. The molecule has 1 aliphatic carbocycles. The van der Waals surface area contributed by atoms with Crippen molar-refractivity contribution in [2.45, 2.75) is 51.6 Å². The van der Waals surface area contributed by atoms with E-state index in [-0.39, 0.29) is 5.60 Å². The maximum Gasteiger partial charge on any atom is 0.0623 e. The van der Waals surface area contributed by atoms with Crippen LogP contribution in [-0.2, 0) is 4.74 Å². The van der Waals surface area contributed by atoms with Crippen molar-refractivity contribution in [3.05, 3.63) is 0 Å². The Labute approximate surface area is 88.4 Å². The van der Waals surface area contributed by atoms with Crippen LogP contribution >= 0.6 is 0 Å². The third-order valence-corrected chi connectivity index (χ3v) is 3.78. The lowest BCUT2D eigenvalue weighted by molar-refractivity contribution is -0.00708. The number of hydrogen-bond donors (Lipinski definition) is 1. The van der Waals surface area contributed by atoms with Crippen molar-refractivity contribution < 1.29 is 4.74 Å². The molecule has 0 aromatic heterocycles. The van der Waals surface area contributed by atoms with Crippen LogP contribution < -0.4 is 5.32 Å². The van der Waals surface area contributed by atoms with Gasteiger partial charge < -0.3 is 10.1 Å². The van der Waals surface area contributed by atoms with Crippen molar-refractivity contribution in [2.75, 3.05) is 20.7 Å². The summed E-state index contributed by atoms with van der Waals surface area (Å²) in [5, 5.41) is 3.32. The normalized spacial score (nSPS) is 20.6. The molecule has 0 bridgehead atoms. The van der Waals surface area contributed by atoms with Crippen LogP contribution in [0.4, 0.5) is 0 Å². The predicted octanol–water partition coefficient (Wildman–Crippen LogP) is 2.58. The van der Waals surface area contributed by atoms with Gasteiger partial charge in [0.25, 0.3) is 0 Å². The summed E-state index contributed by atoms with van der Waals surface area (Å²) in [4.78, 5) is 0. The highest BCUT2D eigenvalue weighted by Gasteiger charge is 2.37. The second kappa shape index (κ2) is 4.63. The molecule has 0 radical (unpaired) electrons. The van der Waals surface area contributed by atoms with E-state index in [0.717, 1.165) is 0 Å². The van der Waals surface area contributed by atoms with Crippen LogP contribution in [0.1, 0.15) is 46.0 Å². The molecule has 1 aliphatic rings. The van der Waals surface area contributed by atoms with Crippen LogP contribution in [0.5, 0.6) is 0 Å². The molecule has 0 atom stereocenters. The first-order chi connectivity index (χ1) is 6.54. The number of hydrogen-bond acceptors (Lipinski definition) is 2. The summed E-state index contributed by atoms with van der Waals surface area (Å²) in [7, 11) is 3.87. The van der Waals surface area contributed by atoms with Crippen LogP contribution in [0.3, 0.4) is 0 Å². The molecule has 0 amide bonds. The van der Waals surface area contributed by atoms with E-state index < -0.39 is 0 Å². The smallest absolute Gasteiger partial charge is 0.0623 e. The van der Waals surface area contributed by atoms with Crippen molar-refractivity contribution in [3.63, 3.8) is 0 Å². The monoisotopic (exact) mass is 199 g/mol. The summed E-state index contributed by atoms with van der Waals surface area (Å²) in [5.41, 5.74) is 0.640. The van der Waals surface area contributed by atoms with Gasteiger partial charge in [-0.25, -0.2) is 0 Å². The first-order valence-electron chi connectivity index (χ1n) is 5.73.